The van der Waals surface area contributed by atoms with Crippen LogP contribution in [0.4, 0.5) is 4.39 Å². The quantitative estimate of drug-likeness (QED) is 0.678. The molecule has 1 heterocycles. The van der Waals surface area contributed by atoms with Crippen LogP contribution in [0.15, 0.2) is 70.6 Å². The highest BCUT2D eigenvalue weighted by Crippen LogP contribution is 2.13. The molecule has 1 aromatic heterocycles. The Morgan fingerprint density at radius 3 is 2.32 bits per heavy atom. The number of nitrogens with one attached hydrogen (secondary N) is 1. The molecular weight excluding hydrogens is 385 g/mol. The molecule has 0 aliphatic carbocycles. The topological polar surface area (TPSA) is 90.2 Å². The Kier molecular flexibility index (Phi) is 5.46. The molecule has 3 rings (SSSR count). The molecule has 0 aliphatic rings. The van der Waals surface area contributed by atoms with Gasteiger partial charge in [-0.25, -0.2) is 17.6 Å². The van der Waals surface area contributed by atoms with Crippen LogP contribution >= 0.6 is 0 Å². The first-order valence-electron chi connectivity index (χ1n) is 8.38. The van der Waals surface area contributed by atoms with E-state index in [1.807, 2.05) is 6.92 Å². The summed E-state index contributed by atoms with van der Waals surface area (Å²) in [6.07, 6.45) is 2.36. The van der Waals surface area contributed by atoms with Crippen molar-refractivity contribution < 1.29 is 17.6 Å². The zero-order valence-corrected chi connectivity index (χ0v) is 15.8. The van der Waals surface area contributed by atoms with Gasteiger partial charge in [0, 0.05) is 18.9 Å². The van der Waals surface area contributed by atoms with Crippen LogP contribution in [0, 0.1) is 12.7 Å². The molecule has 0 fully saturated rings. The monoisotopic (exact) mass is 403 g/mol. The van der Waals surface area contributed by atoms with E-state index in [9.17, 15) is 22.4 Å². The van der Waals surface area contributed by atoms with Gasteiger partial charge in [-0.3, -0.25) is 9.36 Å². The Bertz CT molecular complexity index is 1150. The molecule has 2 aromatic carbocycles. The SMILES string of the molecule is Cc1ccc(S(=O)(=O)n2ccn(CC(=O)NCc3ccc(F)cc3)c2=O)cc1. The zero-order valence-electron chi connectivity index (χ0n) is 15.0. The number of amides is 1. The zero-order chi connectivity index (χ0) is 20.3. The molecule has 0 unspecified atom stereocenters. The van der Waals surface area contributed by atoms with E-state index in [2.05, 4.69) is 5.32 Å². The Balaban J connectivity index is 1.72. The number of aromatic nitrogens is 2. The van der Waals surface area contributed by atoms with Crippen molar-refractivity contribution in [1.82, 2.24) is 13.9 Å². The highest BCUT2D eigenvalue weighted by molar-refractivity contribution is 7.90. The van der Waals surface area contributed by atoms with E-state index in [1.54, 1.807) is 12.1 Å². The minimum Gasteiger partial charge on any atom is -0.350 e. The number of rotatable bonds is 6. The van der Waals surface area contributed by atoms with Gasteiger partial charge in [-0.2, -0.15) is 3.97 Å². The molecule has 0 atom stereocenters. The molecule has 0 spiro atoms. The maximum atomic E-state index is 12.9. The number of benzene rings is 2. The van der Waals surface area contributed by atoms with Gasteiger partial charge in [0.15, 0.2) is 0 Å². The van der Waals surface area contributed by atoms with Gasteiger partial charge in [0.25, 0.3) is 10.0 Å². The molecule has 7 nitrogen and oxygen atoms in total. The minimum atomic E-state index is -4.04. The minimum absolute atomic E-state index is 0.0151. The van der Waals surface area contributed by atoms with Crippen molar-refractivity contribution in [2.45, 2.75) is 24.9 Å². The van der Waals surface area contributed by atoms with E-state index in [4.69, 9.17) is 0 Å². The van der Waals surface area contributed by atoms with Crippen LogP contribution in [0.3, 0.4) is 0 Å². The van der Waals surface area contributed by atoms with Gasteiger partial charge in [-0.15, -0.1) is 0 Å². The van der Waals surface area contributed by atoms with Crippen molar-refractivity contribution in [2.24, 2.45) is 0 Å². The predicted octanol–water partition coefficient (Wildman–Crippen LogP) is 1.65. The smallest absolute Gasteiger partial charge is 0.342 e. The van der Waals surface area contributed by atoms with E-state index < -0.39 is 21.6 Å². The first-order valence-corrected chi connectivity index (χ1v) is 9.82. The van der Waals surface area contributed by atoms with Crippen molar-refractivity contribution in [1.29, 1.82) is 0 Å². The van der Waals surface area contributed by atoms with Crippen LogP contribution in [0.5, 0.6) is 0 Å². The van der Waals surface area contributed by atoms with Gasteiger partial charge >= 0.3 is 5.69 Å². The number of aryl methyl sites for hydroxylation is 1. The molecule has 146 valence electrons. The number of imidazole rings is 1. The molecule has 0 bridgehead atoms. The second kappa shape index (κ2) is 7.81. The van der Waals surface area contributed by atoms with Gasteiger partial charge in [0.1, 0.15) is 12.4 Å². The summed E-state index contributed by atoms with van der Waals surface area (Å²) >= 11 is 0. The summed E-state index contributed by atoms with van der Waals surface area (Å²) in [5, 5.41) is 2.60. The molecular formula is C19H18FN3O4S. The third-order valence-corrected chi connectivity index (χ3v) is 5.77. The highest BCUT2D eigenvalue weighted by atomic mass is 32.2. The second-order valence-corrected chi connectivity index (χ2v) is 8.04. The summed E-state index contributed by atoms with van der Waals surface area (Å²) in [6.45, 7) is 1.65. The molecule has 28 heavy (non-hydrogen) atoms. The van der Waals surface area contributed by atoms with Crippen molar-refractivity contribution in [2.75, 3.05) is 0 Å². The summed E-state index contributed by atoms with van der Waals surface area (Å²) in [4.78, 5) is 24.5. The van der Waals surface area contributed by atoms with Gasteiger partial charge in [-0.1, -0.05) is 29.8 Å². The van der Waals surface area contributed by atoms with Crippen LogP contribution in [0.2, 0.25) is 0 Å². The third-order valence-electron chi connectivity index (χ3n) is 4.11. The summed E-state index contributed by atoms with van der Waals surface area (Å²) in [5.74, 6) is -0.852. The molecule has 1 N–H and O–H groups in total. The Morgan fingerprint density at radius 1 is 1.04 bits per heavy atom. The van der Waals surface area contributed by atoms with Crippen LogP contribution in [0.1, 0.15) is 11.1 Å². The average molecular weight is 403 g/mol. The number of hydrogen-bond acceptors (Lipinski definition) is 4. The summed E-state index contributed by atoms with van der Waals surface area (Å²) in [7, 11) is -4.04. The lowest BCUT2D eigenvalue weighted by atomic mass is 10.2. The maximum Gasteiger partial charge on any atom is 0.342 e. The van der Waals surface area contributed by atoms with Crippen LogP contribution in [-0.4, -0.2) is 22.9 Å². The van der Waals surface area contributed by atoms with Crippen molar-refractivity contribution in [3.05, 3.63) is 88.4 Å². The average Bonchev–Trinajstić information content (AvgIpc) is 3.03. The van der Waals surface area contributed by atoms with E-state index in [-0.39, 0.29) is 23.8 Å². The first kappa shape index (κ1) is 19.6. The van der Waals surface area contributed by atoms with Crippen molar-refractivity contribution in [3.63, 3.8) is 0 Å². The summed E-state index contributed by atoms with van der Waals surface area (Å²) in [6, 6.07) is 11.7. The van der Waals surface area contributed by atoms with E-state index in [0.717, 1.165) is 16.3 Å². The molecule has 9 heteroatoms. The fourth-order valence-corrected chi connectivity index (χ4v) is 3.77. The molecule has 0 saturated carbocycles. The van der Waals surface area contributed by atoms with E-state index >= 15 is 0 Å². The predicted molar refractivity (Wildman–Crippen MR) is 101 cm³/mol. The van der Waals surface area contributed by atoms with Crippen LogP contribution in [0.25, 0.3) is 0 Å². The van der Waals surface area contributed by atoms with Gasteiger partial charge < -0.3 is 5.32 Å². The molecule has 3 aromatic rings. The second-order valence-electron chi connectivity index (χ2n) is 6.23. The van der Waals surface area contributed by atoms with Crippen molar-refractivity contribution in [3.8, 4) is 0 Å². The number of hydrogen-bond donors (Lipinski definition) is 1. The number of carbonyl (C=O) groups excluding carboxylic acids is 1. The fourth-order valence-electron chi connectivity index (χ4n) is 2.54. The lowest BCUT2D eigenvalue weighted by Crippen LogP contribution is -2.34. The molecule has 0 radical (unpaired) electrons. The summed E-state index contributed by atoms with van der Waals surface area (Å²) in [5.41, 5.74) is 0.751. The Hall–Kier alpha value is -3.20. The standard InChI is InChI=1S/C19H18FN3O4S/c1-14-2-8-17(9-3-14)28(26,27)23-11-10-22(19(23)25)13-18(24)21-12-15-4-6-16(20)7-5-15/h2-11H,12-13H2,1H3,(H,21,24). The Morgan fingerprint density at radius 2 is 1.68 bits per heavy atom. The number of halogens is 1. The maximum absolute atomic E-state index is 12.9. The van der Waals surface area contributed by atoms with Gasteiger partial charge in [-0.05, 0) is 36.8 Å². The van der Waals surface area contributed by atoms with Crippen LogP contribution in [-0.2, 0) is 27.9 Å². The molecule has 0 aliphatic heterocycles. The third kappa shape index (κ3) is 4.20. The normalized spacial score (nSPS) is 11.4. The van der Waals surface area contributed by atoms with Gasteiger partial charge in [0.2, 0.25) is 5.91 Å². The van der Waals surface area contributed by atoms with E-state index in [0.29, 0.717) is 9.54 Å². The summed E-state index contributed by atoms with van der Waals surface area (Å²) < 4.78 is 39.7. The first-order chi connectivity index (χ1) is 13.3. The molecule has 1 amide bonds. The largest absolute Gasteiger partial charge is 0.350 e. The lowest BCUT2D eigenvalue weighted by Gasteiger charge is -2.06. The fraction of sp³-hybridized carbons (Fsp3) is 0.158. The molecule has 0 saturated heterocycles. The Labute approximate surface area is 161 Å². The van der Waals surface area contributed by atoms with Crippen LogP contribution < -0.4 is 11.0 Å². The number of nitrogens with zero attached hydrogens (tertiary/aromatic N) is 2. The van der Waals surface area contributed by atoms with Crippen molar-refractivity contribution >= 4 is 15.9 Å². The van der Waals surface area contributed by atoms with Gasteiger partial charge in [0.05, 0.1) is 4.90 Å². The highest BCUT2D eigenvalue weighted by Gasteiger charge is 2.21. The van der Waals surface area contributed by atoms with E-state index in [1.165, 1.54) is 42.6 Å². The number of carbonyl (C=O) groups is 1. The lowest BCUT2D eigenvalue weighted by molar-refractivity contribution is -0.121.